The van der Waals surface area contributed by atoms with Crippen LogP contribution in [0.3, 0.4) is 0 Å². The molecule has 1 fully saturated rings. The predicted octanol–water partition coefficient (Wildman–Crippen LogP) is 5.17. The third kappa shape index (κ3) is 4.34. The van der Waals surface area contributed by atoms with E-state index in [2.05, 4.69) is 20.5 Å². The zero-order chi connectivity index (χ0) is 24.1. The first-order valence-electron chi connectivity index (χ1n) is 10.6. The van der Waals surface area contributed by atoms with Crippen molar-refractivity contribution < 1.29 is 35.9 Å². The molecule has 4 rings (SSSR count). The molecule has 1 aliphatic heterocycles. The van der Waals surface area contributed by atoms with Gasteiger partial charge in [0, 0.05) is 5.54 Å². The number of halogens is 6. The molecule has 0 amide bonds. The van der Waals surface area contributed by atoms with Gasteiger partial charge >= 0.3 is 12.4 Å². The molecule has 4 N–H and O–H groups in total. The Balaban J connectivity index is 1.88. The van der Waals surface area contributed by atoms with Crippen LogP contribution in [0.25, 0.3) is 11.6 Å². The second kappa shape index (κ2) is 8.03. The minimum absolute atomic E-state index is 0.00326. The highest BCUT2D eigenvalue weighted by Gasteiger charge is 2.58. The number of nitrogens with two attached hydrogens (primary N) is 1. The van der Waals surface area contributed by atoms with Gasteiger partial charge in [0.2, 0.25) is 5.60 Å². The summed E-state index contributed by atoms with van der Waals surface area (Å²) in [6.07, 6.45) is -6.53. The number of hydrogen-bond acceptors (Lipinski definition) is 7. The molecular weight excluding hydrogens is 456 g/mol. The molecule has 0 aromatic carbocycles. The maximum Gasteiger partial charge on any atom is 0.426 e. The molecule has 182 valence electrons. The molecule has 7 nitrogen and oxygen atoms in total. The van der Waals surface area contributed by atoms with Crippen LogP contribution in [-0.2, 0) is 11.8 Å². The van der Waals surface area contributed by atoms with E-state index < -0.39 is 58.8 Å². The van der Waals surface area contributed by atoms with Crippen LogP contribution in [0, 0.1) is 0 Å². The van der Waals surface area contributed by atoms with Gasteiger partial charge < -0.3 is 20.6 Å². The number of fused-ring (bicyclic) bond motifs is 5. The van der Waals surface area contributed by atoms with Gasteiger partial charge in [0.1, 0.15) is 5.82 Å². The van der Waals surface area contributed by atoms with Crippen LogP contribution >= 0.6 is 0 Å². The summed E-state index contributed by atoms with van der Waals surface area (Å²) in [5, 5.41) is 20.3. The SMILES string of the molecule is Nc1cc(C(F)(F)F)c2nc1-c1nnc(o1)[C@@](O)(C(F)(F)F)CCCCCC1(CCCC1)N2. The molecule has 1 atom stereocenters. The number of anilines is 2. The summed E-state index contributed by atoms with van der Waals surface area (Å²) in [5.74, 6) is -2.21. The number of pyridine rings is 1. The summed E-state index contributed by atoms with van der Waals surface area (Å²) in [6.45, 7) is 0. The number of alkyl halides is 6. The maximum absolute atomic E-state index is 13.8. The number of nitrogens with zero attached hydrogens (tertiary/aromatic N) is 3. The quantitative estimate of drug-likeness (QED) is 0.447. The lowest BCUT2D eigenvalue weighted by molar-refractivity contribution is -0.277. The molecule has 0 unspecified atom stereocenters. The van der Waals surface area contributed by atoms with Crippen molar-refractivity contribution in [3.63, 3.8) is 0 Å². The fourth-order valence-electron chi connectivity index (χ4n) is 4.63. The van der Waals surface area contributed by atoms with E-state index in [9.17, 15) is 31.4 Å². The molecule has 3 heterocycles. The fourth-order valence-corrected chi connectivity index (χ4v) is 4.63. The summed E-state index contributed by atoms with van der Waals surface area (Å²) >= 11 is 0. The van der Waals surface area contributed by atoms with Gasteiger partial charge in [0.25, 0.3) is 11.8 Å². The topological polar surface area (TPSA) is 110 Å². The molecule has 13 heteroatoms. The molecule has 0 saturated heterocycles. The van der Waals surface area contributed by atoms with E-state index in [1.807, 2.05) is 0 Å². The zero-order valence-electron chi connectivity index (χ0n) is 17.5. The van der Waals surface area contributed by atoms with Crippen LogP contribution in [-0.4, -0.2) is 32.0 Å². The van der Waals surface area contributed by atoms with Crippen molar-refractivity contribution in [2.75, 3.05) is 11.1 Å². The second-order valence-corrected chi connectivity index (χ2v) is 8.76. The Morgan fingerprint density at radius 2 is 1.55 bits per heavy atom. The van der Waals surface area contributed by atoms with Gasteiger partial charge in [-0.3, -0.25) is 0 Å². The van der Waals surface area contributed by atoms with E-state index in [4.69, 9.17) is 10.2 Å². The average Bonchev–Trinajstić information content (AvgIpc) is 3.37. The number of nitrogens with one attached hydrogen (secondary N) is 1. The van der Waals surface area contributed by atoms with Crippen LogP contribution in [0.5, 0.6) is 0 Å². The molecule has 1 aliphatic carbocycles. The van der Waals surface area contributed by atoms with E-state index in [-0.39, 0.29) is 12.1 Å². The first-order chi connectivity index (χ1) is 15.3. The largest absolute Gasteiger partial charge is 0.426 e. The molecule has 0 radical (unpaired) electrons. The highest BCUT2D eigenvalue weighted by Crippen LogP contribution is 2.46. The van der Waals surface area contributed by atoms with Gasteiger partial charge in [-0.05, 0) is 38.2 Å². The van der Waals surface area contributed by atoms with Crippen molar-refractivity contribution in [1.29, 1.82) is 0 Å². The van der Waals surface area contributed by atoms with Crippen molar-refractivity contribution in [3.05, 3.63) is 17.5 Å². The first kappa shape index (κ1) is 23.6. The van der Waals surface area contributed by atoms with Crippen molar-refractivity contribution in [2.45, 2.75) is 81.3 Å². The van der Waals surface area contributed by atoms with Crippen molar-refractivity contribution >= 4 is 11.5 Å². The highest BCUT2D eigenvalue weighted by atomic mass is 19.4. The molecule has 2 aromatic rings. The Labute approximate surface area is 184 Å². The number of nitrogen functional groups attached to an aromatic ring is 1. The minimum atomic E-state index is -5.10. The average molecular weight is 479 g/mol. The second-order valence-electron chi connectivity index (χ2n) is 8.76. The van der Waals surface area contributed by atoms with Gasteiger partial charge in [-0.2, -0.15) is 26.3 Å². The number of aromatic nitrogens is 3. The van der Waals surface area contributed by atoms with Crippen LogP contribution in [0.4, 0.5) is 37.8 Å². The van der Waals surface area contributed by atoms with E-state index in [0.29, 0.717) is 38.2 Å². The van der Waals surface area contributed by atoms with Gasteiger partial charge in [-0.25, -0.2) is 4.98 Å². The van der Waals surface area contributed by atoms with E-state index in [0.717, 1.165) is 12.8 Å². The van der Waals surface area contributed by atoms with E-state index >= 15 is 0 Å². The Morgan fingerprint density at radius 3 is 2.15 bits per heavy atom. The molecule has 1 saturated carbocycles. The van der Waals surface area contributed by atoms with E-state index in [1.54, 1.807) is 0 Å². The molecule has 4 bridgehead atoms. The van der Waals surface area contributed by atoms with Crippen molar-refractivity contribution in [2.24, 2.45) is 0 Å². The van der Waals surface area contributed by atoms with Crippen LogP contribution < -0.4 is 11.1 Å². The normalized spacial score (nSPS) is 23.8. The van der Waals surface area contributed by atoms with Crippen LogP contribution in [0.15, 0.2) is 10.5 Å². The van der Waals surface area contributed by atoms with E-state index in [1.165, 1.54) is 0 Å². The Hall–Kier alpha value is -2.57. The third-order valence-corrected chi connectivity index (χ3v) is 6.45. The van der Waals surface area contributed by atoms with Gasteiger partial charge in [-0.1, -0.05) is 25.7 Å². The zero-order valence-corrected chi connectivity index (χ0v) is 17.5. The summed E-state index contributed by atoms with van der Waals surface area (Å²) in [5.41, 5.74) is -0.279. The lowest BCUT2D eigenvalue weighted by Crippen LogP contribution is -2.42. The number of rotatable bonds is 0. The standard InChI is InChI=1S/C20H23F6N5O2/c21-19(22,23)11-10-12(27)13-15-30-31-16(33-15)18(32,20(24,25)26)9-3-1-2-6-17(7-4-5-8-17)29-14(11)28-13/h10,32H,1-9,27H2,(H,28,29)/t18-/m1/s1. The Morgan fingerprint density at radius 1 is 0.939 bits per heavy atom. The van der Waals surface area contributed by atoms with Crippen LogP contribution in [0.1, 0.15) is 69.2 Å². The molecule has 2 aliphatic rings. The Kier molecular flexibility index (Phi) is 5.74. The summed E-state index contributed by atoms with van der Waals surface area (Å²) in [6, 6.07) is 0.652. The predicted molar refractivity (Wildman–Crippen MR) is 105 cm³/mol. The van der Waals surface area contributed by atoms with Crippen LogP contribution in [0.2, 0.25) is 0 Å². The first-order valence-corrected chi connectivity index (χ1v) is 10.6. The smallest absolute Gasteiger partial charge is 0.416 e. The van der Waals surface area contributed by atoms with Gasteiger partial charge in [0.05, 0.1) is 11.3 Å². The monoisotopic (exact) mass is 479 g/mol. The van der Waals surface area contributed by atoms with Gasteiger partial charge in [-0.15, -0.1) is 10.2 Å². The highest BCUT2D eigenvalue weighted by molar-refractivity contribution is 5.71. The number of aliphatic hydroxyl groups is 1. The fraction of sp³-hybridized carbons (Fsp3) is 0.650. The number of hydrogen-bond donors (Lipinski definition) is 3. The summed E-state index contributed by atoms with van der Waals surface area (Å²) in [4.78, 5) is 3.99. The van der Waals surface area contributed by atoms with Gasteiger partial charge in [0.15, 0.2) is 5.69 Å². The minimum Gasteiger partial charge on any atom is -0.416 e. The molecule has 2 aromatic heterocycles. The van der Waals surface area contributed by atoms with Crippen molar-refractivity contribution in [3.8, 4) is 11.6 Å². The lowest BCUT2D eigenvalue weighted by Gasteiger charge is -2.33. The summed E-state index contributed by atoms with van der Waals surface area (Å²) < 4.78 is 87.6. The molecular formula is C20H23F6N5O2. The maximum atomic E-state index is 13.8. The summed E-state index contributed by atoms with van der Waals surface area (Å²) in [7, 11) is 0. The lowest BCUT2D eigenvalue weighted by atomic mass is 9.88. The Bertz CT molecular complexity index is 1020. The molecule has 1 spiro atoms. The van der Waals surface area contributed by atoms with Crippen molar-refractivity contribution in [1.82, 2.24) is 15.2 Å². The molecule has 33 heavy (non-hydrogen) atoms. The third-order valence-electron chi connectivity index (χ3n) is 6.45.